The Kier molecular flexibility index (Phi) is 4.09. The highest BCUT2D eigenvalue weighted by Crippen LogP contribution is 2.23. The van der Waals surface area contributed by atoms with Crippen molar-refractivity contribution in [1.29, 1.82) is 0 Å². The highest BCUT2D eigenvalue weighted by molar-refractivity contribution is 9.10. The average molecular weight is 322 g/mol. The Hall–Kier alpha value is -1.26. The Balaban J connectivity index is 2.28. The summed E-state index contributed by atoms with van der Waals surface area (Å²) in [5.74, 6) is -0.129. The molecule has 0 atom stereocenters. The third kappa shape index (κ3) is 2.94. The number of anilines is 1. The summed E-state index contributed by atoms with van der Waals surface area (Å²) in [4.78, 5) is 12.9. The molecule has 0 aliphatic rings. The van der Waals surface area contributed by atoms with Crippen LogP contribution in [0.1, 0.15) is 15.9 Å². The number of nitrogens with one attached hydrogen (secondary N) is 1. The summed E-state index contributed by atoms with van der Waals surface area (Å²) < 4.78 is 0.859. The van der Waals surface area contributed by atoms with Gasteiger partial charge in [-0.3, -0.25) is 4.79 Å². The lowest BCUT2D eigenvalue weighted by Gasteiger charge is -2.09. The molecule has 0 fully saturated rings. The zero-order chi connectivity index (χ0) is 13.1. The topological polar surface area (TPSA) is 29.1 Å². The van der Waals surface area contributed by atoms with E-state index in [4.69, 9.17) is 0 Å². The number of rotatable bonds is 2. The van der Waals surface area contributed by atoms with Crippen LogP contribution in [0.4, 0.5) is 5.69 Å². The van der Waals surface area contributed by atoms with Crippen molar-refractivity contribution in [2.75, 3.05) is 5.32 Å². The fraction of sp³-hybridized carbons (Fsp3) is 0.0714. The Morgan fingerprint density at radius 2 is 1.94 bits per heavy atom. The number of carbonyl (C=O) groups excluding carboxylic acids is 1. The number of hydrogen-bond donors (Lipinski definition) is 2. The summed E-state index contributed by atoms with van der Waals surface area (Å²) in [5.41, 5.74) is 2.32. The predicted octanol–water partition coefficient (Wildman–Crippen LogP) is 4.30. The van der Waals surface area contributed by atoms with E-state index in [0.717, 1.165) is 20.6 Å². The van der Waals surface area contributed by atoms with Crippen molar-refractivity contribution < 1.29 is 4.79 Å². The first kappa shape index (κ1) is 13.2. The van der Waals surface area contributed by atoms with E-state index in [1.54, 1.807) is 6.07 Å². The number of aryl methyl sites for hydroxylation is 1. The SMILES string of the molecule is Cc1ccc(S)cc1C(=O)Nc1ccccc1Br. The summed E-state index contributed by atoms with van der Waals surface area (Å²) in [5, 5.41) is 2.87. The molecule has 2 rings (SSSR count). The zero-order valence-corrected chi connectivity index (χ0v) is 12.3. The van der Waals surface area contributed by atoms with Gasteiger partial charge in [-0.1, -0.05) is 18.2 Å². The molecule has 0 heterocycles. The second-order valence-corrected chi connectivity index (χ2v) is 5.30. The van der Waals surface area contributed by atoms with Gasteiger partial charge in [-0.05, 0) is 52.7 Å². The lowest BCUT2D eigenvalue weighted by atomic mass is 10.1. The normalized spacial score (nSPS) is 10.2. The van der Waals surface area contributed by atoms with Gasteiger partial charge in [0.15, 0.2) is 0 Å². The molecule has 0 saturated heterocycles. The van der Waals surface area contributed by atoms with Gasteiger partial charge in [0, 0.05) is 14.9 Å². The summed E-state index contributed by atoms with van der Waals surface area (Å²) in [6.45, 7) is 1.90. The standard InChI is InChI=1S/C14H12BrNOS/c1-9-6-7-10(18)8-11(9)14(17)16-13-5-3-2-4-12(13)15/h2-8,18H,1H3,(H,16,17). The Morgan fingerprint density at radius 1 is 1.22 bits per heavy atom. The summed E-state index contributed by atoms with van der Waals surface area (Å²) in [6, 6.07) is 13.0. The second kappa shape index (κ2) is 5.59. The molecule has 0 unspecified atom stereocenters. The monoisotopic (exact) mass is 321 g/mol. The Labute approximate surface area is 120 Å². The molecule has 2 aromatic carbocycles. The Morgan fingerprint density at radius 3 is 2.67 bits per heavy atom. The fourth-order valence-electron chi connectivity index (χ4n) is 1.61. The third-order valence-corrected chi connectivity index (χ3v) is 3.56. The summed E-state index contributed by atoms with van der Waals surface area (Å²) >= 11 is 7.65. The van der Waals surface area contributed by atoms with Gasteiger partial charge in [0.1, 0.15) is 0 Å². The van der Waals surface area contributed by atoms with Crippen LogP contribution in [0, 0.1) is 6.92 Å². The number of hydrogen-bond acceptors (Lipinski definition) is 2. The van der Waals surface area contributed by atoms with Crippen LogP contribution >= 0.6 is 28.6 Å². The molecule has 4 heteroatoms. The van der Waals surface area contributed by atoms with Gasteiger partial charge in [-0.15, -0.1) is 12.6 Å². The maximum absolute atomic E-state index is 12.2. The molecule has 2 aromatic rings. The number of thiol groups is 1. The minimum absolute atomic E-state index is 0.129. The highest BCUT2D eigenvalue weighted by Gasteiger charge is 2.10. The number of para-hydroxylation sites is 1. The van der Waals surface area contributed by atoms with Crippen molar-refractivity contribution in [1.82, 2.24) is 0 Å². The minimum Gasteiger partial charge on any atom is -0.321 e. The van der Waals surface area contributed by atoms with Gasteiger partial charge in [0.25, 0.3) is 5.91 Å². The maximum atomic E-state index is 12.2. The zero-order valence-electron chi connectivity index (χ0n) is 9.77. The summed E-state index contributed by atoms with van der Waals surface area (Å²) in [7, 11) is 0. The molecule has 0 aromatic heterocycles. The van der Waals surface area contributed by atoms with Crippen molar-refractivity contribution >= 4 is 40.2 Å². The minimum atomic E-state index is -0.129. The highest BCUT2D eigenvalue weighted by atomic mass is 79.9. The van der Waals surface area contributed by atoms with Crippen LogP contribution in [0.25, 0.3) is 0 Å². The van der Waals surface area contributed by atoms with E-state index in [1.165, 1.54) is 0 Å². The largest absolute Gasteiger partial charge is 0.321 e. The molecule has 0 bridgehead atoms. The molecular formula is C14H12BrNOS. The average Bonchev–Trinajstić information content (AvgIpc) is 2.35. The van der Waals surface area contributed by atoms with Crippen LogP contribution < -0.4 is 5.32 Å². The fourth-order valence-corrected chi connectivity index (χ4v) is 2.19. The molecule has 1 amide bonds. The van der Waals surface area contributed by atoms with Gasteiger partial charge in [-0.2, -0.15) is 0 Å². The molecular weight excluding hydrogens is 310 g/mol. The van der Waals surface area contributed by atoms with E-state index >= 15 is 0 Å². The van der Waals surface area contributed by atoms with Crippen LogP contribution in [-0.4, -0.2) is 5.91 Å². The molecule has 2 nitrogen and oxygen atoms in total. The smallest absolute Gasteiger partial charge is 0.255 e. The molecule has 0 saturated carbocycles. The van der Waals surface area contributed by atoms with E-state index in [1.807, 2.05) is 43.3 Å². The number of carbonyl (C=O) groups is 1. The van der Waals surface area contributed by atoms with E-state index in [9.17, 15) is 4.79 Å². The molecule has 92 valence electrons. The van der Waals surface area contributed by atoms with Crippen molar-refractivity contribution in [2.24, 2.45) is 0 Å². The van der Waals surface area contributed by atoms with Crippen LogP contribution in [0.15, 0.2) is 51.8 Å². The number of benzene rings is 2. The third-order valence-electron chi connectivity index (χ3n) is 2.59. The van der Waals surface area contributed by atoms with Crippen LogP contribution in [-0.2, 0) is 0 Å². The molecule has 0 spiro atoms. The first-order chi connectivity index (χ1) is 8.58. The van der Waals surface area contributed by atoms with Gasteiger partial charge in [-0.25, -0.2) is 0 Å². The van der Waals surface area contributed by atoms with Crippen LogP contribution in [0.2, 0.25) is 0 Å². The van der Waals surface area contributed by atoms with Crippen LogP contribution in [0.3, 0.4) is 0 Å². The van der Waals surface area contributed by atoms with E-state index in [2.05, 4.69) is 33.9 Å². The molecule has 0 aliphatic heterocycles. The van der Waals surface area contributed by atoms with E-state index in [-0.39, 0.29) is 5.91 Å². The first-order valence-corrected chi connectivity index (χ1v) is 6.67. The first-order valence-electron chi connectivity index (χ1n) is 5.43. The molecule has 1 N–H and O–H groups in total. The van der Waals surface area contributed by atoms with Crippen molar-refractivity contribution in [3.63, 3.8) is 0 Å². The van der Waals surface area contributed by atoms with Crippen molar-refractivity contribution in [2.45, 2.75) is 11.8 Å². The van der Waals surface area contributed by atoms with Crippen molar-refractivity contribution in [3.05, 3.63) is 58.1 Å². The predicted molar refractivity (Wildman–Crippen MR) is 80.5 cm³/mol. The van der Waals surface area contributed by atoms with E-state index in [0.29, 0.717) is 5.56 Å². The quantitative estimate of drug-likeness (QED) is 0.793. The van der Waals surface area contributed by atoms with Gasteiger partial charge in [0.2, 0.25) is 0 Å². The van der Waals surface area contributed by atoms with Gasteiger partial charge >= 0.3 is 0 Å². The Bertz CT molecular complexity index is 598. The van der Waals surface area contributed by atoms with E-state index < -0.39 is 0 Å². The molecule has 18 heavy (non-hydrogen) atoms. The van der Waals surface area contributed by atoms with Gasteiger partial charge in [0.05, 0.1) is 5.69 Å². The molecule has 0 radical (unpaired) electrons. The maximum Gasteiger partial charge on any atom is 0.255 e. The number of halogens is 1. The lowest BCUT2D eigenvalue weighted by molar-refractivity contribution is 0.102. The number of amides is 1. The summed E-state index contributed by atoms with van der Waals surface area (Å²) in [6.07, 6.45) is 0. The van der Waals surface area contributed by atoms with Crippen molar-refractivity contribution in [3.8, 4) is 0 Å². The lowest BCUT2D eigenvalue weighted by Crippen LogP contribution is -2.13. The second-order valence-electron chi connectivity index (χ2n) is 3.93. The molecule has 0 aliphatic carbocycles. The van der Waals surface area contributed by atoms with Gasteiger partial charge < -0.3 is 5.32 Å². The van der Waals surface area contributed by atoms with Crippen LogP contribution in [0.5, 0.6) is 0 Å².